The third kappa shape index (κ3) is 4.50. The summed E-state index contributed by atoms with van der Waals surface area (Å²) in [6, 6.07) is 10.0. The van der Waals surface area contributed by atoms with E-state index in [2.05, 4.69) is 20.8 Å². The minimum Gasteiger partial charge on any atom is -0.326 e. The van der Waals surface area contributed by atoms with Crippen LogP contribution in [0.3, 0.4) is 0 Å². The Hall–Kier alpha value is -2.89. The molecule has 4 rings (SSSR count). The highest BCUT2D eigenvalue weighted by molar-refractivity contribution is 7.89. The summed E-state index contributed by atoms with van der Waals surface area (Å²) in [4.78, 5) is 13.0. The van der Waals surface area contributed by atoms with Gasteiger partial charge in [0.2, 0.25) is 15.9 Å². The number of nitrogens with zero attached hydrogens (tertiary/aromatic N) is 5. The monoisotopic (exact) mass is 478 g/mol. The number of hydrogen-bond acceptors (Lipinski definition) is 6. The molecule has 9 nitrogen and oxygen atoms in total. The fourth-order valence-electron chi connectivity index (χ4n) is 3.58. The normalized spacial score (nSPS) is 17.3. The highest BCUT2D eigenvalue weighted by Crippen LogP contribution is 2.26. The van der Waals surface area contributed by atoms with Crippen molar-refractivity contribution in [1.82, 2.24) is 24.5 Å². The number of tetrazole rings is 1. The number of benzene rings is 2. The summed E-state index contributed by atoms with van der Waals surface area (Å²) < 4.78 is 42.7. The topological polar surface area (TPSA) is 110 Å². The van der Waals surface area contributed by atoms with Gasteiger partial charge in [-0.3, -0.25) is 4.79 Å². The number of halogens is 2. The van der Waals surface area contributed by atoms with Crippen LogP contribution < -0.4 is 5.32 Å². The Bertz CT molecular complexity index is 1250. The lowest BCUT2D eigenvalue weighted by Gasteiger charge is -2.31. The van der Waals surface area contributed by atoms with E-state index in [1.165, 1.54) is 51.5 Å². The van der Waals surface area contributed by atoms with Gasteiger partial charge in [0, 0.05) is 23.8 Å². The molecular formula is C20H20ClFN6O3S. The molecule has 0 radical (unpaired) electrons. The first-order valence-electron chi connectivity index (χ1n) is 9.87. The van der Waals surface area contributed by atoms with Crippen LogP contribution in [0.4, 0.5) is 10.1 Å². The average molecular weight is 479 g/mol. The Morgan fingerprint density at radius 2 is 1.97 bits per heavy atom. The van der Waals surface area contributed by atoms with Crippen LogP contribution in [0.15, 0.2) is 47.4 Å². The van der Waals surface area contributed by atoms with Crippen molar-refractivity contribution in [2.45, 2.75) is 24.7 Å². The van der Waals surface area contributed by atoms with E-state index in [1.807, 2.05) is 0 Å². The Morgan fingerprint density at radius 3 is 2.66 bits per heavy atom. The number of aryl methyl sites for hydroxylation is 1. The van der Waals surface area contributed by atoms with E-state index in [-0.39, 0.29) is 23.0 Å². The zero-order valence-corrected chi connectivity index (χ0v) is 18.6. The Labute approximate surface area is 189 Å². The van der Waals surface area contributed by atoms with Gasteiger partial charge in [-0.15, -0.1) is 5.10 Å². The maximum absolute atomic E-state index is 14.3. The average Bonchev–Trinajstić information content (AvgIpc) is 3.21. The summed E-state index contributed by atoms with van der Waals surface area (Å²) in [5.74, 6) is -1.04. The Kier molecular flexibility index (Phi) is 6.22. The SMILES string of the molecule is Cc1nnnn1-c1cc(NC(=O)C2CCCN(S(=O)(=O)c3ccc(Cl)cc3)C2)ccc1F. The number of rotatable bonds is 5. The van der Waals surface area contributed by atoms with Gasteiger partial charge in [-0.05, 0) is 72.7 Å². The van der Waals surface area contributed by atoms with Gasteiger partial charge in [0.1, 0.15) is 11.5 Å². The smallest absolute Gasteiger partial charge is 0.243 e. The number of amides is 1. The molecule has 168 valence electrons. The van der Waals surface area contributed by atoms with Crippen LogP contribution in [0.2, 0.25) is 5.02 Å². The number of piperidine rings is 1. The summed E-state index contributed by atoms with van der Waals surface area (Å²) >= 11 is 5.85. The fourth-order valence-corrected chi connectivity index (χ4v) is 5.23. The molecule has 12 heteroatoms. The van der Waals surface area contributed by atoms with Gasteiger partial charge in [0.05, 0.1) is 10.8 Å². The van der Waals surface area contributed by atoms with Crippen molar-refractivity contribution in [3.05, 3.63) is 59.1 Å². The number of aromatic nitrogens is 4. The van der Waals surface area contributed by atoms with Crippen LogP contribution in [0.1, 0.15) is 18.7 Å². The quantitative estimate of drug-likeness (QED) is 0.603. The lowest BCUT2D eigenvalue weighted by Crippen LogP contribution is -2.43. The van der Waals surface area contributed by atoms with Crippen molar-refractivity contribution in [2.75, 3.05) is 18.4 Å². The molecule has 0 saturated carbocycles. The standard InChI is InChI=1S/C20H20ClFN6O3S/c1-13-24-25-26-28(13)19-11-16(6-9-18(19)22)23-20(29)14-3-2-10-27(12-14)32(30,31)17-7-4-15(21)5-8-17/h4-9,11,14H,2-3,10,12H2,1H3,(H,23,29). The fraction of sp³-hybridized carbons (Fsp3) is 0.300. The number of nitrogens with one attached hydrogen (secondary N) is 1. The molecular weight excluding hydrogens is 459 g/mol. The maximum Gasteiger partial charge on any atom is 0.243 e. The van der Waals surface area contributed by atoms with Gasteiger partial charge >= 0.3 is 0 Å². The predicted molar refractivity (Wildman–Crippen MR) is 115 cm³/mol. The molecule has 1 amide bonds. The summed E-state index contributed by atoms with van der Waals surface area (Å²) in [7, 11) is -3.75. The Balaban J connectivity index is 1.49. The van der Waals surface area contributed by atoms with Gasteiger partial charge < -0.3 is 5.32 Å². The Morgan fingerprint density at radius 1 is 1.22 bits per heavy atom. The second-order valence-corrected chi connectivity index (χ2v) is 9.82. The molecule has 1 saturated heterocycles. The third-order valence-electron chi connectivity index (χ3n) is 5.27. The number of carbonyl (C=O) groups is 1. The molecule has 1 aliphatic heterocycles. The first kappa shape index (κ1) is 22.3. The van der Waals surface area contributed by atoms with Crippen LogP contribution in [-0.4, -0.2) is 51.9 Å². The van der Waals surface area contributed by atoms with E-state index in [4.69, 9.17) is 11.6 Å². The lowest BCUT2D eigenvalue weighted by atomic mass is 9.98. The highest BCUT2D eigenvalue weighted by Gasteiger charge is 2.33. The number of anilines is 1. The predicted octanol–water partition coefficient (Wildman–Crippen LogP) is 2.80. The van der Waals surface area contributed by atoms with E-state index in [0.717, 1.165) is 0 Å². The zero-order chi connectivity index (χ0) is 22.9. The van der Waals surface area contributed by atoms with Crippen molar-refractivity contribution >= 4 is 33.2 Å². The zero-order valence-electron chi connectivity index (χ0n) is 17.1. The summed E-state index contributed by atoms with van der Waals surface area (Å²) in [5, 5.41) is 14.2. The van der Waals surface area contributed by atoms with Gasteiger partial charge in [0.25, 0.3) is 0 Å². The van der Waals surface area contributed by atoms with Crippen LogP contribution in [0, 0.1) is 18.7 Å². The highest BCUT2D eigenvalue weighted by atomic mass is 35.5. The van der Waals surface area contributed by atoms with Crippen LogP contribution in [0.5, 0.6) is 0 Å². The van der Waals surface area contributed by atoms with E-state index in [0.29, 0.717) is 35.9 Å². The van der Waals surface area contributed by atoms with Crippen molar-refractivity contribution in [3.8, 4) is 5.69 Å². The molecule has 2 aromatic carbocycles. The molecule has 0 aliphatic carbocycles. The second kappa shape index (κ2) is 8.93. The van der Waals surface area contributed by atoms with Gasteiger partial charge in [-0.25, -0.2) is 12.8 Å². The van der Waals surface area contributed by atoms with Crippen molar-refractivity contribution in [2.24, 2.45) is 5.92 Å². The molecule has 1 fully saturated rings. The van der Waals surface area contributed by atoms with Crippen molar-refractivity contribution in [3.63, 3.8) is 0 Å². The third-order valence-corrected chi connectivity index (χ3v) is 7.40. The number of carbonyl (C=O) groups excluding carboxylic acids is 1. The van der Waals surface area contributed by atoms with Crippen molar-refractivity contribution < 1.29 is 17.6 Å². The first-order chi connectivity index (χ1) is 15.3. The van der Waals surface area contributed by atoms with E-state index < -0.39 is 21.8 Å². The molecule has 1 atom stereocenters. The molecule has 0 spiro atoms. The number of hydrogen-bond donors (Lipinski definition) is 1. The summed E-state index contributed by atoms with van der Waals surface area (Å²) in [6.07, 6.45) is 1.09. The molecule has 1 aromatic heterocycles. The lowest BCUT2D eigenvalue weighted by molar-refractivity contribution is -0.120. The summed E-state index contributed by atoms with van der Waals surface area (Å²) in [5.41, 5.74) is 0.458. The molecule has 3 aromatic rings. The maximum atomic E-state index is 14.3. The van der Waals surface area contributed by atoms with Gasteiger partial charge in [0.15, 0.2) is 5.82 Å². The first-order valence-corrected chi connectivity index (χ1v) is 11.7. The molecule has 1 aliphatic rings. The molecule has 1 N–H and O–H groups in total. The minimum atomic E-state index is -3.75. The molecule has 32 heavy (non-hydrogen) atoms. The largest absolute Gasteiger partial charge is 0.326 e. The summed E-state index contributed by atoms with van der Waals surface area (Å²) in [6.45, 7) is 2.01. The molecule has 0 bridgehead atoms. The van der Waals surface area contributed by atoms with Crippen LogP contribution in [0.25, 0.3) is 5.69 Å². The van der Waals surface area contributed by atoms with Gasteiger partial charge in [-0.1, -0.05) is 11.6 Å². The molecule has 1 unspecified atom stereocenters. The molecule has 2 heterocycles. The number of sulfonamides is 1. The van der Waals surface area contributed by atoms with Crippen molar-refractivity contribution in [1.29, 1.82) is 0 Å². The van der Waals surface area contributed by atoms with Gasteiger partial charge in [-0.2, -0.15) is 8.99 Å². The van der Waals surface area contributed by atoms with E-state index in [1.54, 1.807) is 6.92 Å². The van der Waals surface area contributed by atoms with E-state index >= 15 is 0 Å². The second-order valence-electron chi connectivity index (χ2n) is 7.45. The minimum absolute atomic E-state index is 0.0525. The van der Waals surface area contributed by atoms with E-state index in [9.17, 15) is 17.6 Å². The van der Waals surface area contributed by atoms with Crippen LogP contribution in [-0.2, 0) is 14.8 Å². The van der Waals surface area contributed by atoms with Crippen LogP contribution >= 0.6 is 11.6 Å².